The maximum atomic E-state index is 2.18. The van der Waals surface area contributed by atoms with Crippen LogP contribution in [0.2, 0.25) is 0 Å². The van der Waals surface area contributed by atoms with Gasteiger partial charge in [-0.15, -0.1) is 0 Å². The van der Waals surface area contributed by atoms with Crippen molar-refractivity contribution in [1.29, 1.82) is 0 Å². The zero-order chi connectivity index (χ0) is 4.95. The third-order valence-electron chi connectivity index (χ3n) is 0.994. The maximum absolute atomic E-state index is 2.18. The van der Waals surface area contributed by atoms with Gasteiger partial charge < -0.3 is 0 Å². The summed E-state index contributed by atoms with van der Waals surface area (Å²) >= 11 is 0. The van der Waals surface area contributed by atoms with Crippen molar-refractivity contribution in [1.82, 2.24) is 0 Å². The molecule has 0 unspecified atom stereocenters. The fourth-order valence-electron chi connectivity index (χ4n) is 0.606. The second-order valence-electron chi connectivity index (χ2n) is 1.63. The Morgan fingerprint density at radius 1 is 1.00 bits per heavy atom. The van der Waals surface area contributed by atoms with E-state index in [1.807, 2.05) is 0 Å². The molecule has 7 heavy (non-hydrogen) atoms. The number of rotatable bonds is 0. The zero-order valence-electron chi connectivity index (χ0n) is 4.30. The highest BCUT2D eigenvalue weighted by molar-refractivity contribution is 4.83. The van der Waals surface area contributed by atoms with E-state index in [1.54, 1.807) is 0 Å². The molecule has 0 spiro atoms. The van der Waals surface area contributed by atoms with E-state index in [2.05, 4.69) is 29.9 Å². The Balaban J connectivity index is 2.38. The van der Waals surface area contributed by atoms with E-state index < -0.39 is 0 Å². The Morgan fingerprint density at radius 2 is 1.57 bits per heavy atom. The van der Waals surface area contributed by atoms with Crippen molar-refractivity contribution in [2.24, 2.45) is 0 Å². The largest absolute Gasteiger partial charge is 0.294 e. The third kappa shape index (κ3) is 1.55. The zero-order valence-corrected chi connectivity index (χ0v) is 4.30. The molecule has 0 aromatic rings. The minimum absolute atomic E-state index is 1.20. The standard InChI is InChI=1S/C6H9N/c1-2-4-6-7-5-3-1/h3-7H,1-2H2/p+1. The van der Waals surface area contributed by atoms with Crippen LogP contribution in [0.4, 0.5) is 0 Å². The first-order valence-electron chi connectivity index (χ1n) is 2.65. The van der Waals surface area contributed by atoms with Crippen LogP contribution in [0.25, 0.3) is 0 Å². The second-order valence-corrected chi connectivity index (χ2v) is 1.63. The molecule has 1 nitrogen and oxygen atoms in total. The first-order chi connectivity index (χ1) is 3.50. The summed E-state index contributed by atoms with van der Waals surface area (Å²) < 4.78 is 0. The van der Waals surface area contributed by atoms with E-state index in [1.165, 1.54) is 12.8 Å². The van der Waals surface area contributed by atoms with E-state index in [0.717, 1.165) is 0 Å². The summed E-state index contributed by atoms with van der Waals surface area (Å²) in [6.45, 7) is 0. The Kier molecular flexibility index (Phi) is 1.70. The Labute approximate surface area is 43.7 Å². The van der Waals surface area contributed by atoms with Crippen LogP contribution in [-0.2, 0) is 0 Å². The van der Waals surface area contributed by atoms with Crippen LogP contribution in [-0.4, -0.2) is 0 Å². The summed E-state index contributed by atoms with van der Waals surface area (Å²) in [6.07, 6.45) is 10.9. The van der Waals surface area contributed by atoms with E-state index >= 15 is 0 Å². The number of quaternary nitrogens is 1. The maximum Gasteiger partial charge on any atom is 0.0931 e. The van der Waals surface area contributed by atoms with Crippen LogP contribution in [0.3, 0.4) is 0 Å². The lowest BCUT2D eigenvalue weighted by molar-refractivity contribution is -0.513. The fraction of sp³-hybridized carbons (Fsp3) is 0.333. The van der Waals surface area contributed by atoms with Gasteiger partial charge in [0.15, 0.2) is 0 Å². The van der Waals surface area contributed by atoms with Gasteiger partial charge in [0, 0.05) is 0 Å². The third-order valence-corrected chi connectivity index (χ3v) is 0.994. The minimum atomic E-state index is 1.20. The molecule has 0 atom stereocenters. The predicted octanol–water partition coefficient (Wildman–Crippen LogP) is 0.371. The molecule has 0 aromatic carbocycles. The molecule has 0 aliphatic carbocycles. The molecule has 0 saturated heterocycles. The highest BCUT2D eigenvalue weighted by Crippen LogP contribution is 1.90. The molecule has 1 aliphatic heterocycles. The van der Waals surface area contributed by atoms with Gasteiger partial charge in [0.25, 0.3) is 0 Å². The minimum Gasteiger partial charge on any atom is -0.294 e. The van der Waals surface area contributed by atoms with Gasteiger partial charge in [-0.2, -0.15) is 0 Å². The summed E-state index contributed by atoms with van der Waals surface area (Å²) in [4.78, 5) is 0. The first kappa shape index (κ1) is 4.60. The Hall–Kier alpha value is -0.560. The Bertz CT molecular complexity index is 80.4. The van der Waals surface area contributed by atoms with Crippen molar-refractivity contribution >= 4 is 0 Å². The van der Waals surface area contributed by atoms with Crippen LogP contribution < -0.4 is 5.32 Å². The molecule has 1 aliphatic rings. The van der Waals surface area contributed by atoms with Crippen LogP contribution in [0.5, 0.6) is 0 Å². The number of nitrogens with two attached hydrogens (primary N) is 1. The fourth-order valence-corrected chi connectivity index (χ4v) is 0.606. The summed E-state index contributed by atoms with van der Waals surface area (Å²) in [5.41, 5.74) is 0. The van der Waals surface area contributed by atoms with Gasteiger partial charge in [-0.05, 0) is 25.0 Å². The van der Waals surface area contributed by atoms with Crippen molar-refractivity contribution in [2.45, 2.75) is 12.8 Å². The van der Waals surface area contributed by atoms with Gasteiger partial charge in [-0.25, -0.2) is 0 Å². The molecule has 1 heterocycles. The van der Waals surface area contributed by atoms with E-state index in [9.17, 15) is 0 Å². The molecule has 0 aromatic heterocycles. The highest BCUT2D eigenvalue weighted by Gasteiger charge is 1.82. The van der Waals surface area contributed by atoms with Gasteiger partial charge in [-0.3, -0.25) is 5.32 Å². The lowest BCUT2D eigenvalue weighted by Crippen LogP contribution is -2.70. The average Bonchev–Trinajstić information content (AvgIpc) is 1.90. The molecule has 0 bridgehead atoms. The number of hydrogen-bond acceptors (Lipinski definition) is 0. The van der Waals surface area contributed by atoms with Crippen LogP contribution in [0.15, 0.2) is 24.6 Å². The predicted molar refractivity (Wildman–Crippen MR) is 29.4 cm³/mol. The average molecular weight is 96.2 g/mol. The molecule has 0 saturated carbocycles. The SMILES string of the molecule is C1=C[NH2+]C=CCC1. The lowest BCUT2D eigenvalue weighted by Gasteiger charge is -1.73. The summed E-state index contributed by atoms with van der Waals surface area (Å²) in [5, 5.41) is 2.06. The van der Waals surface area contributed by atoms with Gasteiger partial charge in [0.1, 0.15) is 0 Å². The molecule has 1 rings (SSSR count). The van der Waals surface area contributed by atoms with Gasteiger partial charge in [-0.1, -0.05) is 0 Å². The molecule has 0 amide bonds. The molecule has 1 heteroatoms. The first-order valence-corrected chi connectivity index (χ1v) is 2.65. The van der Waals surface area contributed by atoms with E-state index in [-0.39, 0.29) is 0 Å². The monoisotopic (exact) mass is 96.1 g/mol. The van der Waals surface area contributed by atoms with Gasteiger partial charge >= 0.3 is 0 Å². The van der Waals surface area contributed by atoms with Crippen molar-refractivity contribution in [3.8, 4) is 0 Å². The molecule has 0 radical (unpaired) electrons. The molecular weight excluding hydrogens is 86.1 g/mol. The van der Waals surface area contributed by atoms with Crippen molar-refractivity contribution in [2.75, 3.05) is 0 Å². The van der Waals surface area contributed by atoms with E-state index in [4.69, 9.17) is 0 Å². The van der Waals surface area contributed by atoms with Crippen molar-refractivity contribution in [3.05, 3.63) is 24.6 Å². The molecule has 38 valence electrons. The Morgan fingerprint density at radius 3 is 2.14 bits per heavy atom. The second kappa shape index (κ2) is 2.59. The molecule has 0 fully saturated rings. The summed E-state index contributed by atoms with van der Waals surface area (Å²) in [7, 11) is 0. The highest BCUT2D eigenvalue weighted by atomic mass is 14.8. The lowest BCUT2D eigenvalue weighted by atomic mass is 10.3. The summed E-state index contributed by atoms with van der Waals surface area (Å²) in [5.74, 6) is 0. The quantitative estimate of drug-likeness (QED) is 0.448. The summed E-state index contributed by atoms with van der Waals surface area (Å²) in [6, 6.07) is 0. The van der Waals surface area contributed by atoms with Gasteiger partial charge in [0.05, 0.1) is 12.4 Å². The van der Waals surface area contributed by atoms with Gasteiger partial charge in [0.2, 0.25) is 0 Å². The topological polar surface area (TPSA) is 16.6 Å². The van der Waals surface area contributed by atoms with Crippen molar-refractivity contribution in [3.63, 3.8) is 0 Å². The van der Waals surface area contributed by atoms with Crippen molar-refractivity contribution < 1.29 is 5.32 Å². The molecule has 2 N–H and O–H groups in total. The van der Waals surface area contributed by atoms with E-state index in [0.29, 0.717) is 0 Å². The van der Waals surface area contributed by atoms with Crippen LogP contribution in [0, 0.1) is 0 Å². The number of hydrogen-bond donors (Lipinski definition) is 1. The van der Waals surface area contributed by atoms with Crippen LogP contribution in [0.1, 0.15) is 12.8 Å². The van der Waals surface area contributed by atoms with Crippen LogP contribution >= 0.6 is 0 Å². The molecular formula is C6H10N+. The smallest absolute Gasteiger partial charge is 0.0931 e. The normalized spacial score (nSPS) is 19.4. The number of allylic oxidation sites excluding steroid dienone is 2.